The number of rotatable bonds is 3. The molecule has 0 amide bonds. The molecule has 1 heterocycles. The highest BCUT2D eigenvalue weighted by Crippen LogP contribution is 2.38. The molecule has 2 rings (SSSR count). The third-order valence-corrected chi connectivity index (χ3v) is 3.75. The Labute approximate surface area is 113 Å². The summed E-state index contributed by atoms with van der Waals surface area (Å²) in [6.07, 6.45) is -0.814. The van der Waals surface area contributed by atoms with Crippen LogP contribution in [0.5, 0.6) is 0 Å². The molecule has 0 aliphatic heterocycles. The molecule has 1 aromatic heterocycles. The van der Waals surface area contributed by atoms with Crippen molar-refractivity contribution in [2.75, 3.05) is 0 Å². The molecule has 0 radical (unpaired) electrons. The Kier molecular flexibility index (Phi) is 3.96. The van der Waals surface area contributed by atoms with Gasteiger partial charge in [-0.1, -0.05) is 25.7 Å². The fraction of sp³-hybridized carbons (Fsp3) is 0.818. The van der Waals surface area contributed by atoms with Gasteiger partial charge in [-0.25, -0.2) is 4.68 Å². The zero-order valence-corrected chi connectivity index (χ0v) is 10.7. The second kappa shape index (κ2) is 5.37. The van der Waals surface area contributed by atoms with E-state index in [4.69, 9.17) is 0 Å². The van der Waals surface area contributed by atoms with Crippen molar-refractivity contribution < 1.29 is 23.1 Å². The Balaban J connectivity index is 2.29. The van der Waals surface area contributed by atoms with Crippen LogP contribution in [0, 0.1) is 5.41 Å². The minimum absolute atomic E-state index is 0.343. The lowest BCUT2D eigenvalue weighted by atomic mass is 9.80. The van der Waals surface area contributed by atoms with E-state index in [1.165, 1.54) is 0 Å². The van der Waals surface area contributed by atoms with Gasteiger partial charge >= 0.3 is 12.1 Å². The fourth-order valence-corrected chi connectivity index (χ4v) is 2.65. The molecular formula is C11H15F3N4O2. The van der Waals surface area contributed by atoms with Crippen LogP contribution in [0.15, 0.2) is 0 Å². The molecule has 1 fully saturated rings. The topological polar surface area (TPSA) is 80.9 Å². The number of carbonyl (C=O) groups is 1. The molecule has 112 valence electrons. The maximum Gasteiger partial charge on any atom is 0.453 e. The molecule has 0 aromatic carbocycles. The van der Waals surface area contributed by atoms with Gasteiger partial charge < -0.3 is 5.11 Å². The van der Waals surface area contributed by atoms with Crippen LogP contribution in [0.3, 0.4) is 0 Å². The van der Waals surface area contributed by atoms with Crippen molar-refractivity contribution in [3.63, 3.8) is 0 Å². The van der Waals surface area contributed by atoms with Crippen LogP contribution in [-0.4, -0.2) is 31.3 Å². The molecule has 1 aromatic rings. The van der Waals surface area contributed by atoms with Crippen LogP contribution < -0.4 is 0 Å². The number of aromatic nitrogens is 4. The van der Waals surface area contributed by atoms with E-state index in [1.54, 1.807) is 0 Å². The molecule has 20 heavy (non-hydrogen) atoms. The minimum atomic E-state index is -4.69. The van der Waals surface area contributed by atoms with Crippen LogP contribution in [0.4, 0.5) is 13.2 Å². The summed E-state index contributed by atoms with van der Waals surface area (Å²) in [6.45, 7) is -0.343. The summed E-state index contributed by atoms with van der Waals surface area (Å²) in [5.74, 6) is -2.33. The molecular weight excluding hydrogens is 277 g/mol. The average Bonchev–Trinajstić information content (AvgIpc) is 2.67. The van der Waals surface area contributed by atoms with Gasteiger partial charge in [0.2, 0.25) is 0 Å². The Morgan fingerprint density at radius 1 is 1.25 bits per heavy atom. The van der Waals surface area contributed by atoms with Crippen LogP contribution >= 0.6 is 0 Å². The lowest BCUT2D eigenvalue weighted by Gasteiger charge is -2.28. The van der Waals surface area contributed by atoms with Gasteiger partial charge in [0.05, 0.1) is 12.0 Å². The summed E-state index contributed by atoms with van der Waals surface area (Å²) in [6, 6.07) is 0. The zero-order chi connectivity index (χ0) is 14.8. The second-order valence-electron chi connectivity index (χ2n) is 5.16. The molecule has 1 N–H and O–H groups in total. The van der Waals surface area contributed by atoms with Crippen LogP contribution in [-0.2, 0) is 17.5 Å². The number of carboxylic acid groups (broad SMARTS) is 1. The van der Waals surface area contributed by atoms with Crippen molar-refractivity contribution in [1.29, 1.82) is 0 Å². The highest BCUT2D eigenvalue weighted by atomic mass is 19.4. The summed E-state index contributed by atoms with van der Waals surface area (Å²) in [7, 11) is 0. The van der Waals surface area contributed by atoms with E-state index in [9.17, 15) is 23.1 Å². The monoisotopic (exact) mass is 292 g/mol. The summed E-state index contributed by atoms with van der Waals surface area (Å²) in [5, 5.41) is 18.7. The zero-order valence-electron chi connectivity index (χ0n) is 10.7. The maximum atomic E-state index is 12.7. The molecule has 1 saturated carbocycles. The SMILES string of the molecule is O=C(O)C1(Cn2nnnc2C(F)(F)F)CCCCCC1. The summed E-state index contributed by atoms with van der Waals surface area (Å²) < 4.78 is 38.8. The Hall–Kier alpha value is -1.67. The lowest BCUT2D eigenvalue weighted by Crippen LogP contribution is -2.37. The number of nitrogens with zero attached hydrogens (tertiary/aromatic N) is 4. The van der Waals surface area contributed by atoms with Crippen molar-refractivity contribution in [3.05, 3.63) is 5.82 Å². The molecule has 0 atom stereocenters. The van der Waals surface area contributed by atoms with Crippen LogP contribution in [0.25, 0.3) is 0 Å². The third kappa shape index (κ3) is 2.91. The summed E-state index contributed by atoms with van der Waals surface area (Å²) in [4.78, 5) is 11.6. The van der Waals surface area contributed by atoms with E-state index < -0.39 is 23.4 Å². The van der Waals surface area contributed by atoms with Gasteiger partial charge in [0.15, 0.2) is 0 Å². The van der Waals surface area contributed by atoms with Gasteiger partial charge in [-0.15, -0.1) is 5.10 Å². The molecule has 0 bridgehead atoms. The van der Waals surface area contributed by atoms with Crippen LogP contribution in [0.2, 0.25) is 0 Å². The highest BCUT2D eigenvalue weighted by Gasteiger charge is 2.44. The number of hydrogen-bond acceptors (Lipinski definition) is 4. The van der Waals surface area contributed by atoms with E-state index in [-0.39, 0.29) is 6.54 Å². The van der Waals surface area contributed by atoms with Crippen molar-refractivity contribution in [1.82, 2.24) is 20.2 Å². The minimum Gasteiger partial charge on any atom is -0.481 e. The predicted molar refractivity (Wildman–Crippen MR) is 60.6 cm³/mol. The van der Waals surface area contributed by atoms with E-state index in [2.05, 4.69) is 15.5 Å². The smallest absolute Gasteiger partial charge is 0.453 e. The van der Waals surface area contributed by atoms with Gasteiger partial charge in [-0.3, -0.25) is 4.79 Å². The van der Waals surface area contributed by atoms with Crippen molar-refractivity contribution in [2.24, 2.45) is 5.41 Å². The largest absolute Gasteiger partial charge is 0.481 e. The highest BCUT2D eigenvalue weighted by molar-refractivity contribution is 5.74. The van der Waals surface area contributed by atoms with Crippen molar-refractivity contribution >= 4 is 5.97 Å². The first-order valence-corrected chi connectivity index (χ1v) is 6.42. The average molecular weight is 292 g/mol. The summed E-state index contributed by atoms with van der Waals surface area (Å²) >= 11 is 0. The molecule has 6 nitrogen and oxygen atoms in total. The number of alkyl halides is 3. The van der Waals surface area contributed by atoms with Gasteiger partial charge in [0, 0.05) is 0 Å². The van der Waals surface area contributed by atoms with Gasteiger partial charge in [0.25, 0.3) is 5.82 Å². The molecule has 9 heteroatoms. The molecule has 0 spiro atoms. The fourth-order valence-electron chi connectivity index (χ4n) is 2.65. The molecule has 0 unspecified atom stereocenters. The van der Waals surface area contributed by atoms with E-state index in [0.29, 0.717) is 30.4 Å². The first-order chi connectivity index (χ1) is 9.35. The number of halogens is 3. The van der Waals surface area contributed by atoms with E-state index >= 15 is 0 Å². The Bertz CT molecular complexity index is 478. The van der Waals surface area contributed by atoms with Gasteiger partial charge in [-0.05, 0) is 23.3 Å². The quantitative estimate of drug-likeness (QED) is 0.863. The molecule has 1 aliphatic carbocycles. The van der Waals surface area contributed by atoms with Gasteiger partial charge in [0.1, 0.15) is 0 Å². The first kappa shape index (κ1) is 14.7. The Morgan fingerprint density at radius 2 is 1.85 bits per heavy atom. The normalized spacial score (nSPS) is 19.6. The number of aliphatic carboxylic acids is 1. The predicted octanol–water partition coefficient (Wildman–Crippen LogP) is 2.12. The maximum absolute atomic E-state index is 12.7. The van der Waals surface area contributed by atoms with Gasteiger partial charge in [-0.2, -0.15) is 13.2 Å². The van der Waals surface area contributed by atoms with E-state index in [1.807, 2.05) is 0 Å². The van der Waals surface area contributed by atoms with Crippen molar-refractivity contribution in [2.45, 2.75) is 51.2 Å². The second-order valence-corrected chi connectivity index (χ2v) is 5.16. The standard InChI is InChI=1S/C11H15F3N4O2/c12-11(13,14)8-15-16-17-18(8)7-10(9(19)20)5-3-1-2-4-6-10/h1-7H2,(H,19,20). The number of carboxylic acids is 1. The van der Waals surface area contributed by atoms with Crippen molar-refractivity contribution in [3.8, 4) is 0 Å². The molecule has 0 saturated heterocycles. The lowest BCUT2D eigenvalue weighted by molar-refractivity contribution is -0.156. The van der Waals surface area contributed by atoms with Crippen LogP contribution in [0.1, 0.15) is 44.3 Å². The summed E-state index contributed by atoms with van der Waals surface area (Å²) in [5.41, 5.74) is -1.22. The third-order valence-electron chi connectivity index (χ3n) is 3.75. The van der Waals surface area contributed by atoms with E-state index in [0.717, 1.165) is 12.8 Å². The first-order valence-electron chi connectivity index (χ1n) is 6.42. The number of tetrazole rings is 1. The Morgan fingerprint density at radius 3 is 2.35 bits per heavy atom. The number of hydrogen-bond donors (Lipinski definition) is 1. The molecule has 1 aliphatic rings.